The third kappa shape index (κ3) is 4.67. The van der Waals surface area contributed by atoms with Crippen molar-refractivity contribution in [3.8, 4) is 11.5 Å². The minimum Gasteiger partial charge on any atom is -0.493 e. The van der Waals surface area contributed by atoms with E-state index in [9.17, 15) is 13.2 Å². The fraction of sp³-hybridized carbons (Fsp3) is 0.611. The zero-order valence-corrected chi connectivity index (χ0v) is 16.9. The number of nitrogens with one attached hydrogen (secondary N) is 1. The Morgan fingerprint density at radius 2 is 1.88 bits per heavy atom. The molecule has 1 aliphatic heterocycles. The Balaban J connectivity index is 2.12. The average Bonchev–Trinajstić information content (AvgIpc) is 2.60. The molecule has 2 atom stereocenters. The first-order valence-electron chi connectivity index (χ1n) is 8.65. The summed E-state index contributed by atoms with van der Waals surface area (Å²) in [6, 6.07) is 3.52. The number of sulfonamides is 1. The molecule has 8 heteroatoms. The van der Waals surface area contributed by atoms with Crippen molar-refractivity contribution in [1.29, 1.82) is 0 Å². The summed E-state index contributed by atoms with van der Waals surface area (Å²) in [5, 5.41) is 3.01. The van der Waals surface area contributed by atoms with Gasteiger partial charge in [-0.2, -0.15) is 0 Å². The highest BCUT2D eigenvalue weighted by Crippen LogP contribution is 2.33. The van der Waals surface area contributed by atoms with E-state index >= 15 is 0 Å². The van der Waals surface area contributed by atoms with Crippen LogP contribution in [0.15, 0.2) is 12.1 Å². The Hall–Kier alpha value is -1.80. The predicted molar refractivity (Wildman–Crippen MR) is 100.0 cm³/mol. The second-order valence-corrected chi connectivity index (χ2v) is 8.74. The first-order chi connectivity index (χ1) is 12.2. The number of hydrogen-bond acceptors (Lipinski definition) is 5. The molecule has 0 aliphatic carbocycles. The summed E-state index contributed by atoms with van der Waals surface area (Å²) in [7, 11) is -0.120. The normalized spacial score (nSPS) is 19.7. The third-order valence-corrected chi connectivity index (χ3v) is 6.09. The quantitative estimate of drug-likeness (QED) is 0.809. The van der Waals surface area contributed by atoms with Gasteiger partial charge in [0.2, 0.25) is 15.9 Å². The van der Waals surface area contributed by atoms with Gasteiger partial charge in [-0.25, -0.2) is 12.7 Å². The summed E-state index contributed by atoms with van der Waals surface area (Å²) in [5.74, 6) is 0.792. The lowest BCUT2D eigenvalue weighted by Crippen LogP contribution is -2.45. The molecule has 0 unspecified atom stereocenters. The van der Waals surface area contributed by atoms with Crippen LogP contribution in [0.5, 0.6) is 11.5 Å². The maximum absolute atomic E-state index is 12.7. The van der Waals surface area contributed by atoms with E-state index in [1.54, 1.807) is 14.2 Å². The summed E-state index contributed by atoms with van der Waals surface area (Å²) in [5.41, 5.74) is 1.92. The number of carbonyl (C=O) groups excluding carboxylic acids is 1. The van der Waals surface area contributed by atoms with E-state index in [4.69, 9.17) is 9.47 Å². The lowest BCUT2D eigenvalue weighted by molar-refractivity contribution is -0.126. The Morgan fingerprint density at radius 1 is 1.27 bits per heavy atom. The topological polar surface area (TPSA) is 84.9 Å². The lowest BCUT2D eigenvalue weighted by atomic mass is 9.96. The van der Waals surface area contributed by atoms with Crippen molar-refractivity contribution >= 4 is 15.9 Å². The van der Waals surface area contributed by atoms with Crippen LogP contribution in [0.4, 0.5) is 0 Å². The van der Waals surface area contributed by atoms with Gasteiger partial charge in [-0.05, 0) is 49.9 Å². The molecule has 1 aromatic rings. The van der Waals surface area contributed by atoms with Crippen LogP contribution in [0.1, 0.15) is 36.9 Å². The van der Waals surface area contributed by atoms with Gasteiger partial charge in [0.05, 0.1) is 32.4 Å². The Labute approximate surface area is 155 Å². The van der Waals surface area contributed by atoms with Gasteiger partial charge in [-0.1, -0.05) is 0 Å². The smallest absolute Gasteiger partial charge is 0.224 e. The molecule has 26 heavy (non-hydrogen) atoms. The summed E-state index contributed by atoms with van der Waals surface area (Å²) in [6.07, 6.45) is 2.56. The summed E-state index contributed by atoms with van der Waals surface area (Å²) in [6.45, 7) is 4.57. The second kappa shape index (κ2) is 8.26. The minimum absolute atomic E-state index is 0.125. The molecule has 2 rings (SSSR count). The zero-order chi connectivity index (χ0) is 19.5. The first-order valence-corrected chi connectivity index (χ1v) is 10.5. The van der Waals surface area contributed by atoms with Crippen molar-refractivity contribution in [1.82, 2.24) is 9.62 Å². The molecule has 146 valence electrons. The van der Waals surface area contributed by atoms with E-state index in [1.807, 2.05) is 26.0 Å². The molecule has 0 radical (unpaired) electrons. The summed E-state index contributed by atoms with van der Waals surface area (Å²) in [4.78, 5) is 12.7. The van der Waals surface area contributed by atoms with E-state index < -0.39 is 10.0 Å². The number of rotatable bonds is 6. The van der Waals surface area contributed by atoms with Crippen LogP contribution in [0.25, 0.3) is 0 Å². The fourth-order valence-electron chi connectivity index (χ4n) is 3.33. The average molecular weight is 384 g/mol. The summed E-state index contributed by atoms with van der Waals surface area (Å²) >= 11 is 0. The van der Waals surface area contributed by atoms with Gasteiger partial charge < -0.3 is 14.8 Å². The van der Waals surface area contributed by atoms with Crippen LogP contribution < -0.4 is 14.8 Å². The maximum atomic E-state index is 12.7. The molecule has 1 fully saturated rings. The highest BCUT2D eigenvalue weighted by Gasteiger charge is 2.31. The van der Waals surface area contributed by atoms with E-state index in [0.29, 0.717) is 30.9 Å². The van der Waals surface area contributed by atoms with E-state index in [2.05, 4.69) is 5.32 Å². The van der Waals surface area contributed by atoms with Crippen LogP contribution in [0, 0.1) is 12.8 Å². The van der Waals surface area contributed by atoms with Crippen LogP contribution in [-0.4, -0.2) is 52.2 Å². The van der Waals surface area contributed by atoms with E-state index in [1.165, 1.54) is 10.6 Å². The highest BCUT2D eigenvalue weighted by atomic mass is 32.2. The number of methoxy groups -OCH3 is 2. The molecule has 7 nitrogen and oxygen atoms in total. The third-order valence-electron chi connectivity index (χ3n) is 4.82. The van der Waals surface area contributed by atoms with Gasteiger partial charge in [0.15, 0.2) is 11.5 Å². The van der Waals surface area contributed by atoms with Crippen molar-refractivity contribution in [2.24, 2.45) is 5.92 Å². The van der Waals surface area contributed by atoms with Crippen molar-refractivity contribution in [2.45, 2.75) is 32.7 Å². The lowest BCUT2D eigenvalue weighted by Gasteiger charge is -2.31. The number of ether oxygens (including phenoxy) is 2. The maximum Gasteiger partial charge on any atom is 0.224 e. The highest BCUT2D eigenvalue weighted by molar-refractivity contribution is 7.88. The number of piperidine rings is 1. The minimum atomic E-state index is -3.27. The number of nitrogens with zero attached hydrogens (tertiary/aromatic N) is 1. The Kier molecular flexibility index (Phi) is 6.52. The molecule has 1 amide bonds. The molecule has 1 saturated heterocycles. The van der Waals surface area contributed by atoms with E-state index in [0.717, 1.165) is 11.1 Å². The monoisotopic (exact) mass is 384 g/mol. The number of aryl methyl sites for hydroxylation is 1. The molecule has 1 aromatic carbocycles. The molecule has 1 heterocycles. The largest absolute Gasteiger partial charge is 0.493 e. The SMILES string of the molecule is COc1cc(C)c([C@@H](C)NC(=O)[C@H]2CCCN(S(C)(=O)=O)C2)cc1OC. The van der Waals surface area contributed by atoms with Gasteiger partial charge in [-0.3, -0.25) is 4.79 Å². The van der Waals surface area contributed by atoms with E-state index in [-0.39, 0.29) is 24.4 Å². The van der Waals surface area contributed by atoms with Crippen LogP contribution >= 0.6 is 0 Å². The van der Waals surface area contributed by atoms with Crippen molar-refractivity contribution in [2.75, 3.05) is 33.6 Å². The zero-order valence-electron chi connectivity index (χ0n) is 16.0. The molecule has 1 N–H and O–H groups in total. The van der Waals surface area contributed by atoms with Crippen LogP contribution in [0.3, 0.4) is 0 Å². The second-order valence-electron chi connectivity index (χ2n) is 6.75. The summed E-state index contributed by atoms with van der Waals surface area (Å²) < 4.78 is 35.5. The molecule has 1 aliphatic rings. The van der Waals surface area contributed by atoms with Gasteiger partial charge >= 0.3 is 0 Å². The molecule has 0 saturated carbocycles. The number of carbonyl (C=O) groups is 1. The Bertz CT molecular complexity index is 763. The molecule has 0 aromatic heterocycles. The molecular weight excluding hydrogens is 356 g/mol. The molecular formula is C18H28N2O5S. The standard InChI is InChI=1S/C18H28N2O5S/c1-12-9-16(24-3)17(25-4)10-15(12)13(2)19-18(21)14-7-6-8-20(11-14)26(5,22)23/h9-10,13-14H,6-8,11H2,1-5H3,(H,19,21)/t13-,14+/m1/s1. The number of amides is 1. The molecule has 0 spiro atoms. The fourth-order valence-corrected chi connectivity index (χ4v) is 4.24. The van der Waals surface area contributed by atoms with Crippen molar-refractivity contribution in [3.05, 3.63) is 23.3 Å². The van der Waals surface area contributed by atoms with Crippen molar-refractivity contribution < 1.29 is 22.7 Å². The van der Waals surface area contributed by atoms with Crippen LogP contribution in [0.2, 0.25) is 0 Å². The predicted octanol–water partition coefficient (Wildman–Crippen LogP) is 1.86. The first kappa shape index (κ1) is 20.5. The number of hydrogen-bond donors (Lipinski definition) is 1. The van der Waals surface area contributed by atoms with Gasteiger partial charge in [-0.15, -0.1) is 0 Å². The number of benzene rings is 1. The van der Waals surface area contributed by atoms with Gasteiger partial charge in [0, 0.05) is 13.1 Å². The molecule has 0 bridgehead atoms. The Morgan fingerprint density at radius 3 is 2.46 bits per heavy atom. The van der Waals surface area contributed by atoms with Crippen LogP contribution in [-0.2, 0) is 14.8 Å². The van der Waals surface area contributed by atoms with Crippen molar-refractivity contribution in [3.63, 3.8) is 0 Å². The van der Waals surface area contributed by atoms with Gasteiger partial charge in [0.1, 0.15) is 0 Å². The van der Waals surface area contributed by atoms with Gasteiger partial charge in [0.25, 0.3) is 0 Å².